The number of imidazole rings is 1. The number of carbonyl (C=O) groups excluding carboxylic acids is 1. The molecule has 33 heavy (non-hydrogen) atoms. The Labute approximate surface area is 192 Å². The maximum atomic E-state index is 13.5. The van der Waals surface area contributed by atoms with Crippen molar-refractivity contribution in [3.8, 4) is 0 Å². The molecule has 3 aromatic carbocycles. The number of carbonyl (C=O) groups is 1. The second-order valence-electron chi connectivity index (χ2n) is 7.85. The molecule has 0 unspecified atom stereocenters. The summed E-state index contributed by atoms with van der Waals surface area (Å²) >= 11 is 0. The van der Waals surface area contributed by atoms with Crippen LogP contribution in [0.3, 0.4) is 0 Å². The van der Waals surface area contributed by atoms with E-state index in [1.807, 2.05) is 53.1 Å². The number of nitrogens with zero attached hydrogens (tertiary/aromatic N) is 2. The molecule has 1 aromatic heterocycles. The van der Waals surface area contributed by atoms with E-state index >= 15 is 0 Å². The van der Waals surface area contributed by atoms with Crippen molar-refractivity contribution in [3.63, 3.8) is 0 Å². The van der Waals surface area contributed by atoms with Gasteiger partial charge < -0.3 is 14.6 Å². The van der Waals surface area contributed by atoms with Crippen LogP contribution in [-0.2, 0) is 29.2 Å². The Kier molecular flexibility index (Phi) is 7.44. The summed E-state index contributed by atoms with van der Waals surface area (Å²) in [6.07, 6.45) is 1.79. The first-order valence-electron chi connectivity index (χ1n) is 10.8. The molecule has 4 rings (SSSR count). The number of ether oxygens (including phenoxy) is 1. The average molecular weight is 447 g/mol. The smallest absolute Gasteiger partial charge is 0.234 e. The number of fused-ring (bicyclic) bond motifs is 1. The van der Waals surface area contributed by atoms with Gasteiger partial charge in [0.2, 0.25) is 5.91 Å². The highest BCUT2D eigenvalue weighted by Gasteiger charge is 2.16. The topological polar surface area (TPSA) is 68.2 Å². The number of hydrogen-bond donors (Lipinski definition) is 2. The molecule has 0 aliphatic rings. The lowest BCUT2D eigenvalue weighted by molar-refractivity contribution is -0.120. The Morgan fingerprint density at radius 3 is 2.55 bits per heavy atom. The van der Waals surface area contributed by atoms with Gasteiger partial charge in [0.15, 0.2) is 0 Å². The second-order valence-corrected chi connectivity index (χ2v) is 7.85. The number of amides is 1. The van der Waals surface area contributed by atoms with E-state index in [1.165, 1.54) is 12.1 Å². The third-order valence-electron chi connectivity index (χ3n) is 5.58. The Morgan fingerprint density at radius 2 is 1.76 bits per heavy atom. The number of aromatic nitrogens is 2. The van der Waals surface area contributed by atoms with Gasteiger partial charge in [-0.3, -0.25) is 10.1 Å². The molecule has 0 saturated carbocycles. The summed E-state index contributed by atoms with van der Waals surface area (Å²) in [4.78, 5) is 17.1. The van der Waals surface area contributed by atoms with E-state index in [9.17, 15) is 9.18 Å². The number of nitrogens with one attached hydrogen (secondary N) is 2. The van der Waals surface area contributed by atoms with Crippen molar-refractivity contribution in [2.45, 2.75) is 25.7 Å². The Morgan fingerprint density at radius 1 is 1.03 bits per heavy atom. The van der Waals surface area contributed by atoms with Crippen LogP contribution in [0.25, 0.3) is 11.0 Å². The number of methoxy groups -OCH3 is 1. The molecule has 0 aliphatic carbocycles. The zero-order valence-electron chi connectivity index (χ0n) is 18.5. The van der Waals surface area contributed by atoms with E-state index < -0.39 is 0 Å². The molecule has 0 saturated heterocycles. The lowest BCUT2D eigenvalue weighted by Crippen LogP contribution is -2.36. The fourth-order valence-electron chi connectivity index (χ4n) is 3.83. The predicted molar refractivity (Wildman–Crippen MR) is 126 cm³/mol. The van der Waals surface area contributed by atoms with Crippen molar-refractivity contribution in [1.82, 2.24) is 20.2 Å². The van der Waals surface area contributed by atoms with Crippen LogP contribution in [-0.4, -0.2) is 29.1 Å². The van der Waals surface area contributed by atoms with Gasteiger partial charge in [-0.25, -0.2) is 9.37 Å². The van der Waals surface area contributed by atoms with Gasteiger partial charge in [-0.2, -0.15) is 0 Å². The normalized spacial score (nSPS) is 12.1. The second kappa shape index (κ2) is 10.8. The fraction of sp³-hybridized carbons (Fsp3) is 0.231. The number of rotatable bonds is 10. The summed E-state index contributed by atoms with van der Waals surface area (Å²) in [5.74, 6) is -0.414. The van der Waals surface area contributed by atoms with Crippen molar-refractivity contribution >= 4 is 16.9 Å². The minimum atomic E-state index is -0.293. The van der Waals surface area contributed by atoms with E-state index in [0.717, 1.165) is 27.7 Å². The van der Waals surface area contributed by atoms with Crippen LogP contribution in [0.4, 0.5) is 4.39 Å². The minimum absolute atomic E-state index is 0.121. The van der Waals surface area contributed by atoms with Gasteiger partial charge in [-0.15, -0.1) is 0 Å². The van der Waals surface area contributed by atoms with Crippen LogP contribution in [0, 0.1) is 5.82 Å². The fourth-order valence-corrected chi connectivity index (χ4v) is 3.83. The standard InChI is InChI=1S/C26H27FN4O2/c1-33-17-21-7-3-2-6-20(21)14-29-26(32)15-28-24(19-10-12-22(27)13-11-19)16-31-18-30-23-8-4-5-9-25(23)31/h2-13,18,24,28H,14-17H2,1H3,(H,29,32)/t24-/m1/s1. The first-order chi connectivity index (χ1) is 16.1. The molecular weight excluding hydrogens is 419 g/mol. The molecule has 2 N–H and O–H groups in total. The lowest BCUT2D eigenvalue weighted by atomic mass is 10.1. The molecule has 4 aromatic rings. The van der Waals surface area contributed by atoms with Crippen LogP contribution >= 0.6 is 0 Å². The summed E-state index contributed by atoms with van der Waals surface area (Å²) in [7, 11) is 1.65. The molecule has 0 bridgehead atoms. The monoisotopic (exact) mass is 446 g/mol. The first kappa shape index (κ1) is 22.6. The van der Waals surface area contributed by atoms with Gasteiger partial charge in [0, 0.05) is 20.2 Å². The first-order valence-corrected chi connectivity index (χ1v) is 10.8. The maximum absolute atomic E-state index is 13.5. The Balaban J connectivity index is 1.43. The van der Waals surface area contributed by atoms with Crippen LogP contribution in [0.1, 0.15) is 22.7 Å². The Hall–Kier alpha value is -3.55. The van der Waals surface area contributed by atoms with E-state index in [2.05, 4.69) is 15.6 Å². The molecule has 1 amide bonds. The summed E-state index contributed by atoms with van der Waals surface area (Å²) in [6, 6.07) is 21.9. The molecule has 1 heterocycles. The summed E-state index contributed by atoms with van der Waals surface area (Å²) in [6.45, 7) is 1.60. The summed E-state index contributed by atoms with van der Waals surface area (Å²) in [5.41, 5.74) is 4.87. The number of halogens is 1. The van der Waals surface area contributed by atoms with E-state index in [-0.39, 0.29) is 24.3 Å². The van der Waals surface area contributed by atoms with E-state index in [1.54, 1.807) is 25.6 Å². The highest BCUT2D eigenvalue weighted by atomic mass is 19.1. The maximum Gasteiger partial charge on any atom is 0.234 e. The SMILES string of the molecule is COCc1ccccc1CNC(=O)CN[C@H](Cn1cnc2ccccc21)c1ccc(F)cc1. The third-order valence-corrected chi connectivity index (χ3v) is 5.58. The van der Waals surface area contributed by atoms with Gasteiger partial charge in [0.25, 0.3) is 0 Å². The average Bonchev–Trinajstić information content (AvgIpc) is 3.25. The van der Waals surface area contributed by atoms with Crippen LogP contribution in [0.15, 0.2) is 79.1 Å². The molecule has 6 nitrogen and oxygen atoms in total. The van der Waals surface area contributed by atoms with Crippen LogP contribution < -0.4 is 10.6 Å². The van der Waals surface area contributed by atoms with Gasteiger partial charge in [-0.1, -0.05) is 48.5 Å². The molecular formula is C26H27FN4O2. The van der Waals surface area contributed by atoms with Crippen molar-refractivity contribution in [2.75, 3.05) is 13.7 Å². The van der Waals surface area contributed by atoms with Crippen molar-refractivity contribution < 1.29 is 13.9 Å². The largest absolute Gasteiger partial charge is 0.380 e. The van der Waals surface area contributed by atoms with E-state index in [4.69, 9.17) is 4.74 Å². The molecule has 0 radical (unpaired) electrons. The molecule has 7 heteroatoms. The summed E-state index contributed by atoms with van der Waals surface area (Å²) < 4.78 is 20.8. The van der Waals surface area contributed by atoms with Gasteiger partial charge in [0.05, 0.1) is 36.6 Å². The zero-order valence-corrected chi connectivity index (χ0v) is 18.5. The number of benzene rings is 3. The molecule has 0 spiro atoms. The molecule has 1 atom stereocenters. The third kappa shape index (κ3) is 5.83. The van der Waals surface area contributed by atoms with Gasteiger partial charge in [0.1, 0.15) is 5.82 Å². The summed E-state index contributed by atoms with van der Waals surface area (Å²) in [5, 5.41) is 6.29. The Bertz CT molecular complexity index is 1210. The van der Waals surface area contributed by atoms with Crippen molar-refractivity contribution in [1.29, 1.82) is 0 Å². The van der Waals surface area contributed by atoms with E-state index in [0.29, 0.717) is 19.7 Å². The predicted octanol–water partition coefficient (Wildman–Crippen LogP) is 3.97. The quantitative estimate of drug-likeness (QED) is 0.387. The van der Waals surface area contributed by atoms with Gasteiger partial charge in [-0.05, 0) is 41.0 Å². The minimum Gasteiger partial charge on any atom is -0.380 e. The van der Waals surface area contributed by atoms with Crippen molar-refractivity contribution in [3.05, 3.63) is 102 Å². The number of hydrogen-bond acceptors (Lipinski definition) is 4. The van der Waals surface area contributed by atoms with Crippen molar-refractivity contribution in [2.24, 2.45) is 0 Å². The number of para-hydroxylation sites is 2. The molecule has 0 fully saturated rings. The van der Waals surface area contributed by atoms with Gasteiger partial charge >= 0.3 is 0 Å². The molecule has 0 aliphatic heterocycles. The lowest BCUT2D eigenvalue weighted by Gasteiger charge is -2.20. The highest BCUT2D eigenvalue weighted by molar-refractivity contribution is 5.78. The highest BCUT2D eigenvalue weighted by Crippen LogP contribution is 2.20. The molecule has 170 valence electrons. The van der Waals surface area contributed by atoms with Crippen LogP contribution in [0.5, 0.6) is 0 Å². The van der Waals surface area contributed by atoms with Crippen LogP contribution in [0.2, 0.25) is 0 Å². The zero-order chi connectivity index (χ0) is 23.0.